The van der Waals surface area contributed by atoms with E-state index in [1.54, 1.807) is 40.1 Å². The molecule has 2 amide bonds. The molecule has 1 saturated heterocycles. The van der Waals surface area contributed by atoms with Gasteiger partial charge >= 0.3 is 0 Å². The fraction of sp³-hybridized carbons (Fsp3) is 0.316. The molecule has 3 rings (SSSR count). The number of ketones is 1. The maximum atomic E-state index is 12.5. The smallest absolute Gasteiger partial charge is 0.254 e. The molecule has 0 bridgehead atoms. The van der Waals surface area contributed by atoms with Crippen LogP contribution in [-0.4, -0.2) is 53.6 Å². The summed E-state index contributed by atoms with van der Waals surface area (Å²) in [6.07, 6.45) is 0.431. The average molecular weight is 391 g/mol. The number of rotatable bonds is 5. The summed E-state index contributed by atoms with van der Waals surface area (Å²) in [5, 5.41) is 2.38. The maximum absolute atomic E-state index is 12.5. The van der Waals surface area contributed by atoms with Gasteiger partial charge < -0.3 is 9.80 Å². The van der Waals surface area contributed by atoms with Gasteiger partial charge in [0.25, 0.3) is 5.91 Å². The summed E-state index contributed by atoms with van der Waals surface area (Å²) >= 11 is 7.33. The molecule has 26 heavy (non-hydrogen) atoms. The van der Waals surface area contributed by atoms with Crippen LogP contribution in [0.15, 0.2) is 41.8 Å². The maximum Gasteiger partial charge on any atom is 0.254 e. The highest BCUT2D eigenvalue weighted by Gasteiger charge is 2.25. The molecule has 0 atom stereocenters. The van der Waals surface area contributed by atoms with E-state index in [9.17, 15) is 14.4 Å². The van der Waals surface area contributed by atoms with Crippen LogP contribution in [0.1, 0.15) is 32.9 Å². The molecule has 1 aromatic carbocycles. The second-order valence-corrected chi connectivity index (χ2v) is 7.47. The van der Waals surface area contributed by atoms with E-state index < -0.39 is 0 Å². The topological polar surface area (TPSA) is 57.7 Å². The molecule has 1 fully saturated rings. The van der Waals surface area contributed by atoms with Gasteiger partial charge in [-0.25, -0.2) is 0 Å². The number of amides is 2. The zero-order chi connectivity index (χ0) is 18.5. The monoisotopic (exact) mass is 390 g/mol. The van der Waals surface area contributed by atoms with Crippen molar-refractivity contribution in [3.05, 3.63) is 57.2 Å². The minimum absolute atomic E-state index is 0.00289. The van der Waals surface area contributed by atoms with Crippen LogP contribution in [0.2, 0.25) is 5.02 Å². The van der Waals surface area contributed by atoms with Gasteiger partial charge in [-0.05, 0) is 29.6 Å². The third kappa shape index (κ3) is 4.51. The van der Waals surface area contributed by atoms with Crippen LogP contribution >= 0.6 is 22.9 Å². The molecular formula is C19H19ClN2O3S. The SMILES string of the molecule is O=C(CCC(=O)N1CCN(C(=O)c2cccc(Cl)c2)CC1)c1cccs1. The van der Waals surface area contributed by atoms with Crippen molar-refractivity contribution in [2.45, 2.75) is 12.8 Å². The second-order valence-electron chi connectivity index (χ2n) is 6.08. The Bertz CT molecular complexity index is 799. The van der Waals surface area contributed by atoms with Crippen molar-refractivity contribution in [1.82, 2.24) is 9.80 Å². The highest BCUT2D eigenvalue weighted by Crippen LogP contribution is 2.16. The molecule has 1 aliphatic heterocycles. The number of nitrogens with zero attached hydrogens (tertiary/aromatic N) is 2. The Labute approximate surface area is 161 Å². The molecule has 1 aromatic heterocycles. The van der Waals surface area contributed by atoms with Gasteiger partial charge in [-0.15, -0.1) is 11.3 Å². The summed E-state index contributed by atoms with van der Waals surface area (Å²) in [6, 6.07) is 10.5. The lowest BCUT2D eigenvalue weighted by Gasteiger charge is -2.35. The van der Waals surface area contributed by atoms with E-state index in [0.717, 1.165) is 0 Å². The number of halogens is 1. The quantitative estimate of drug-likeness (QED) is 0.735. The summed E-state index contributed by atoms with van der Waals surface area (Å²) in [5.74, 6) is -0.111. The molecule has 2 heterocycles. The van der Waals surface area contributed by atoms with Crippen molar-refractivity contribution in [3.8, 4) is 0 Å². The standard InChI is InChI=1S/C19H19ClN2O3S/c20-15-4-1-3-14(13-15)19(25)22-10-8-21(9-11-22)18(24)7-6-16(23)17-5-2-12-26-17/h1-5,12-13H,6-11H2. The van der Waals surface area contributed by atoms with Crippen molar-refractivity contribution in [1.29, 1.82) is 0 Å². The first-order valence-electron chi connectivity index (χ1n) is 8.44. The lowest BCUT2D eigenvalue weighted by atomic mass is 10.1. The van der Waals surface area contributed by atoms with E-state index in [2.05, 4.69) is 0 Å². The minimum atomic E-state index is -0.0764. The number of hydrogen-bond donors (Lipinski definition) is 0. The molecular weight excluding hydrogens is 372 g/mol. The first-order valence-corrected chi connectivity index (χ1v) is 9.69. The van der Waals surface area contributed by atoms with Gasteiger partial charge in [0.05, 0.1) is 4.88 Å². The Morgan fingerprint density at radius 3 is 2.35 bits per heavy atom. The van der Waals surface area contributed by atoms with E-state index in [0.29, 0.717) is 41.6 Å². The molecule has 0 aliphatic carbocycles. The van der Waals surface area contributed by atoms with E-state index >= 15 is 0 Å². The molecule has 0 unspecified atom stereocenters. The summed E-state index contributed by atoms with van der Waals surface area (Å²) in [7, 11) is 0. The molecule has 2 aromatic rings. The van der Waals surface area contributed by atoms with Crippen LogP contribution in [0.3, 0.4) is 0 Å². The Morgan fingerprint density at radius 1 is 0.962 bits per heavy atom. The minimum Gasteiger partial charge on any atom is -0.339 e. The Morgan fingerprint density at radius 2 is 1.69 bits per heavy atom. The van der Waals surface area contributed by atoms with Gasteiger partial charge in [0.2, 0.25) is 5.91 Å². The zero-order valence-corrected chi connectivity index (χ0v) is 15.8. The number of piperazine rings is 1. The van der Waals surface area contributed by atoms with Crippen LogP contribution in [-0.2, 0) is 4.79 Å². The molecule has 5 nitrogen and oxygen atoms in total. The zero-order valence-electron chi connectivity index (χ0n) is 14.2. The van der Waals surface area contributed by atoms with Gasteiger partial charge in [0.15, 0.2) is 5.78 Å². The fourth-order valence-corrected chi connectivity index (χ4v) is 3.79. The molecule has 0 radical (unpaired) electrons. The lowest BCUT2D eigenvalue weighted by Crippen LogP contribution is -2.50. The van der Waals surface area contributed by atoms with Crippen LogP contribution in [0.5, 0.6) is 0 Å². The molecule has 1 aliphatic rings. The lowest BCUT2D eigenvalue weighted by molar-refractivity contribution is -0.132. The van der Waals surface area contributed by atoms with Gasteiger partial charge in [-0.3, -0.25) is 14.4 Å². The summed E-state index contributed by atoms with van der Waals surface area (Å²) < 4.78 is 0. The van der Waals surface area contributed by atoms with Gasteiger partial charge in [0, 0.05) is 49.6 Å². The van der Waals surface area contributed by atoms with Crippen LogP contribution in [0, 0.1) is 0 Å². The molecule has 7 heteroatoms. The number of carbonyl (C=O) groups is 3. The summed E-state index contributed by atoms with van der Waals surface area (Å²) in [5.41, 5.74) is 0.554. The number of hydrogen-bond acceptors (Lipinski definition) is 4. The molecule has 0 saturated carbocycles. The van der Waals surface area contributed by atoms with E-state index in [1.807, 2.05) is 11.4 Å². The number of carbonyl (C=O) groups excluding carboxylic acids is 3. The van der Waals surface area contributed by atoms with E-state index in [1.165, 1.54) is 11.3 Å². The van der Waals surface area contributed by atoms with Crippen LogP contribution in [0.4, 0.5) is 0 Å². The first-order chi connectivity index (χ1) is 12.5. The van der Waals surface area contributed by atoms with E-state index in [4.69, 9.17) is 11.6 Å². The summed E-state index contributed by atoms with van der Waals surface area (Å²) in [6.45, 7) is 1.93. The van der Waals surface area contributed by atoms with Gasteiger partial charge in [-0.2, -0.15) is 0 Å². The number of Topliss-reactive ketones (excluding diaryl/α,β-unsaturated/α-hetero) is 1. The molecule has 0 N–H and O–H groups in total. The number of thiophene rings is 1. The van der Waals surface area contributed by atoms with Crippen molar-refractivity contribution in [2.24, 2.45) is 0 Å². The van der Waals surface area contributed by atoms with Gasteiger partial charge in [-0.1, -0.05) is 23.7 Å². The third-order valence-electron chi connectivity index (χ3n) is 4.35. The highest BCUT2D eigenvalue weighted by molar-refractivity contribution is 7.12. The largest absolute Gasteiger partial charge is 0.339 e. The normalized spacial score (nSPS) is 14.3. The van der Waals surface area contributed by atoms with Crippen molar-refractivity contribution >= 4 is 40.5 Å². The fourth-order valence-electron chi connectivity index (χ4n) is 2.90. The highest BCUT2D eigenvalue weighted by atomic mass is 35.5. The Hall–Kier alpha value is -2.18. The number of benzene rings is 1. The predicted octanol–water partition coefficient (Wildman–Crippen LogP) is 3.35. The van der Waals surface area contributed by atoms with Crippen molar-refractivity contribution < 1.29 is 14.4 Å². The Balaban J connectivity index is 1.48. The van der Waals surface area contributed by atoms with Crippen molar-refractivity contribution in [3.63, 3.8) is 0 Å². The average Bonchev–Trinajstić information content (AvgIpc) is 3.20. The van der Waals surface area contributed by atoms with E-state index in [-0.39, 0.29) is 30.4 Å². The Kier molecular flexibility index (Phi) is 6.06. The first kappa shape index (κ1) is 18.6. The summed E-state index contributed by atoms with van der Waals surface area (Å²) in [4.78, 5) is 41.0. The third-order valence-corrected chi connectivity index (χ3v) is 5.50. The predicted molar refractivity (Wildman–Crippen MR) is 102 cm³/mol. The van der Waals surface area contributed by atoms with Crippen LogP contribution in [0.25, 0.3) is 0 Å². The second kappa shape index (κ2) is 8.47. The molecule has 136 valence electrons. The van der Waals surface area contributed by atoms with Crippen molar-refractivity contribution in [2.75, 3.05) is 26.2 Å². The van der Waals surface area contributed by atoms with Gasteiger partial charge in [0.1, 0.15) is 0 Å². The van der Waals surface area contributed by atoms with Crippen LogP contribution < -0.4 is 0 Å². The molecule has 0 spiro atoms.